The van der Waals surface area contributed by atoms with Crippen LogP contribution in [0.5, 0.6) is 11.5 Å². The molecule has 0 saturated heterocycles. The summed E-state index contributed by atoms with van der Waals surface area (Å²) in [4.78, 5) is 12.0. The number of nitrogens with two attached hydrogens (primary N) is 1. The Hall–Kier alpha value is -1.46. The summed E-state index contributed by atoms with van der Waals surface area (Å²) < 4.78 is 11.0. The lowest BCUT2D eigenvalue weighted by Crippen LogP contribution is -2.54. The maximum absolute atomic E-state index is 12.0. The van der Waals surface area contributed by atoms with Gasteiger partial charge < -0.3 is 20.5 Å². The maximum Gasteiger partial charge on any atom is 0.258 e. The number of benzene rings is 1. The minimum absolute atomic E-state index is 0. The van der Waals surface area contributed by atoms with E-state index in [1.807, 2.05) is 19.1 Å². The highest BCUT2D eigenvalue weighted by Crippen LogP contribution is 2.38. The molecule has 0 spiro atoms. The van der Waals surface area contributed by atoms with E-state index in [2.05, 4.69) is 12.2 Å². The molecule has 1 amide bonds. The number of ether oxygens (including phenoxy) is 2. The van der Waals surface area contributed by atoms with Crippen molar-refractivity contribution in [1.29, 1.82) is 0 Å². The minimum atomic E-state index is -0.307. The van der Waals surface area contributed by atoms with E-state index in [0.29, 0.717) is 24.8 Å². The zero-order chi connectivity index (χ0) is 16.0. The Kier molecular flexibility index (Phi) is 7.65. The molecule has 0 radical (unpaired) electrons. The quantitative estimate of drug-likeness (QED) is 0.723. The topological polar surface area (TPSA) is 73.6 Å². The molecule has 23 heavy (non-hydrogen) atoms. The van der Waals surface area contributed by atoms with Gasteiger partial charge in [-0.1, -0.05) is 6.92 Å². The van der Waals surface area contributed by atoms with Crippen LogP contribution in [0.2, 0.25) is 0 Å². The summed E-state index contributed by atoms with van der Waals surface area (Å²) >= 11 is 0. The number of hydrogen-bond acceptors (Lipinski definition) is 4. The van der Waals surface area contributed by atoms with Gasteiger partial charge in [0.05, 0.1) is 12.1 Å². The van der Waals surface area contributed by atoms with Crippen molar-refractivity contribution in [3.8, 4) is 11.5 Å². The molecule has 2 rings (SSSR count). The van der Waals surface area contributed by atoms with E-state index in [0.717, 1.165) is 25.0 Å². The average molecular weight is 343 g/mol. The standard InChI is InChI=1S/C17H26N2O3.ClH/c1-3-10-21-14-6-8-15(9-7-14)22-11-16(20)19-17(2,12-18)13-4-5-13;/h6-9,13H,3-5,10-12,18H2,1-2H3,(H,19,20);1H. The van der Waals surface area contributed by atoms with Gasteiger partial charge in [-0.05, 0) is 56.4 Å². The first-order chi connectivity index (χ1) is 10.6. The monoisotopic (exact) mass is 342 g/mol. The van der Waals surface area contributed by atoms with Crippen LogP contribution in [0.3, 0.4) is 0 Å². The molecule has 0 heterocycles. The lowest BCUT2D eigenvalue weighted by molar-refractivity contribution is -0.125. The van der Waals surface area contributed by atoms with E-state index >= 15 is 0 Å². The Labute approximate surface area is 144 Å². The van der Waals surface area contributed by atoms with Crippen LogP contribution in [-0.4, -0.2) is 31.2 Å². The highest BCUT2D eigenvalue weighted by Gasteiger charge is 2.41. The molecule has 6 heteroatoms. The normalized spacial score (nSPS) is 16.0. The molecular weight excluding hydrogens is 316 g/mol. The third kappa shape index (κ3) is 5.92. The van der Waals surface area contributed by atoms with Crippen molar-refractivity contribution in [1.82, 2.24) is 5.32 Å². The Morgan fingerprint density at radius 2 is 1.83 bits per heavy atom. The van der Waals surface area contributed by atoms with Crippen molar-refractivity contribution in [3.05, 3.63) is 24.3 Å². The van der Waals surface area contributed by atoms with Crippen LogP contribution < -0.4 is 20.5 Å². The Morgan fingerprint density at radius 3 is 2.30 bits per heavy atom. The van der Waals surface area contributed by atoms with E-state index < -0.39 is 0 Å². The second kappa shape index (κ2) is 8.99. The van der Waals surface area contributed by atoms with Crippen molar-refractivity contribution in [3.63, 3.8) is 0 Å². The van der Waals surface area contributed by atoms with Crippen LogP contribution in [-0.2, 0) is 4.79 Å². The van der Waals surface area contributed by atoms with Gasteiger partial charge in [0.2, 0.25) is 0 Å². The van der Waals surface area contributed by atoms with Gasteiger partial charge in [0.25, 0.3) is 5.91 Å². The second-order valence-electron chi connectivity index (χ2n) is 6.05. The number of carbonyl (C=O) groups excluding carboxylic acids is 1. The highest BCUT2D eigenvalue weighted by molar-refractivity contribution is 5.85. The summed E-state index contributed by atoms with van der Waals surface area (Å²) in [6.07, 6.45) is 3.24. The SMILES string of the molecule is CCCOc1ccc(OCC(=O)NC(C)(CN)C2CC2)cc1.Cl. The molecule has 0 aliphatic heterocycles. The molecule has 1 aromatic rings. The number of hydrogen-bond donors (Lipinski definition) is 2. The van der Waals surface area contributed by atoms with E-state index in [-0.39, 0.29) is 30.5 Å². The number of amides is 1. The Morgan fingerprint density at radius 1 is 1.26 bits per heavy atom. The molecule has 1 aliphatic carbocycles. The molecule has 130 valence electrons. The van der Waals surface area contributed by atoms with Gasteiger partial charge in [0, 0.05) is 6.54 Å². The second-order valence-corrected chi connectivity index (χ2v) is 6.05. The zero-order valence-electron chi connectivity index (χ0n) is 13.8. The maximum atomic E-state index is 12.0. The van der Waals surface area contributed by atoms with Gasteiger partial charge in [0.1, 0.15) is 11.5 Å². The molecular formula is C17H27ClN2O3. The Balaban J connectivity index is 0.00000264. The molecule has 1 unspecified atom stereocenters. The van der Waals surface area contributed by atoms with Crippen LogP contribution >= 0.6 is 12.4 Å². The summed E-state index contributed by atoms with van der Waals surface area (Å²) in [7, 11) is 0. The van der Waals surface area contributed by atoms with Gasteiger partial charge in [0.15, 0.2) is 6.61 Å². The molecule has 3 N–H and O–H groups in total. The predicted octanol–water partition coefficient (Wildman–Crippen LogP) is 2.52. The largest absolute Gasteiger partial charge is 0.494 e. The fourth-order valence-electron chi connectivity index (χ4n) is 2.40. The minimum Gasteiger partial charge on any atom is -0.494 e. The Bertz CT molecular complexity index is 491. The predicted molar refractivity (Wildman–Crippen MR) is 93.3 cm³/mol. The van der Waals surface area contributed by atoms with E-state index in [1.54, 1.807) is 12.1 Å². The fourth-order valence-corrected chi connectivity index (χ4v) is 2.40. The summed E-state index contributed by atoms with van der Waals surface area (Å²) in [6.45, 7) is 5.21. The first-order valence-electron chi connectivity index (χ1n) is 7.94. The summed E-state index contributed by atoms with van der Waals surface area (Å²) in [5.74, 6) is 1.82. The van der Waals surface area contributed by atoms with Gasteiger partial charge in [-0.2, -0.15) is 0 Å². The average Bonchev–Trinajstić information content (AvgIpc) is 3.37. The molecule has 0 aromatic heterocycles. The lowest BCUT2D eigenvalue weighted by atomic mass is 9.96. The molecule has 1 fully saturated rings. The number of nitrogens with one attached hydrogen (secondary N) is 1. The van der Waals surface area contributed by atoms with Crippen molar-refractivity contribution >= 4 is 18.3 Å². The van der Waals surface area contributed by atoms with Crippen molar-refractivity contribution < 1.29 is 14.3 Å². The van der Waals surface area contributed by atoms with Crippen molar-refractivity contribution in [2.45, 2.75) is 38.6 Å². The lowest BCUT2D eigenvalue weighted by Gasteiger charge is -2.29. The van der Waals surface area contributed by atoms with Gasteiger partial charge in [-0.25, -0.2) is 0 Å². The molecule has 5 nitrogen and oxygen atoms in total. The van der Waals surface area contributed by atoms with Gasteiger partial charge in [-0.3, -0.25) is 4.79 Å². The third-order valence-electron chi connectivity index (χ3n) is 3.99. The number of carbonyl (C=O) groups is 1. The third-order valence-corrected chi connectivity index (χ3v) is 3.99. The van der Waals surface area contributed by atoms with E-state index in [9.17, 15) is 4.79 Å². The van der Waals surface area contributed by atoms with Crippen LogP contribution in [0.25, 0.3) is 0 Å². The molecule has 0 bridgehead atoms. The smallest absolute Gasteiger partial charge is 0.258 e. The first-order valence-corrected chi connectivity index (χ1v) is 7.94. The molecule has 1 aromatic carbocycles. The zero-order valence-corrected chi connectivity index (χ0v) is 14.7. The van der Waals surface area contributed by atoms with Crippen LogP contribution in [0.4, 0.5) is 0 Å². The van der Waals surface area contributed by atoms with E-state index in [1.165, 1.54) is 0 Å². The fraction of sp³-hybridized carbons (Fsp3) is 0.588. The van der Waals surface area contributed by atoms with Crippen molar-refractivity contribution in [2.24, 2.45) is 11.7 Å². The van der Waals surface area contributed by atoms with Crippen molar-refractivity contribution in [2.75, 3.05) is 19.8 Å². The molecule has 1 saturated carbocycles. The molecule has 1 atom stereocenters. The van der Waals surface area contributed by atoms with Gasteiger partial charge in [-0.15, -0.1) is 12.4 Å². The summed E-state index contributed by atoms with van der Waals surface area (Å²) in [6, 6.07) is 7.30. The number of rotatable bonds is 9. The van der Waals surface area contributed by atoms with Crippen LogP contribution in [0.1, 0.15) is 33.1 Å². The highest BCUT2D eigenvalue weighted by atomic mass is 35.5. The van der Waals surface area contributed by atoms with Crippen LogP contribution in [0.15, 0.2) is 24.3 Å². The first kappa shape index (κ1) is 19.6. The summed E-state index contributed by atoms with van der Waals surface area (Å²) in [5, 5.41) is 3.00. The number of halogens is 1. The summed E-state index contributed by atoms with van der Waals surface area (Å²) in [5.41, 5.74) is 5.48. The van der Waals surface area contributed by atoms with E-state index in [4.69, 9.17) is 15.2 Å². The van der Waals surface area contributed by atoms with Crippen LogP contribution in [0, 0.1) is 5.92 Å². The van der Waals surface area contributed by atoms with Gasteiger partial charge >= 0.3 is 0 Å². The molecule has 1 aliphatic rings.